The molecule has 0 amide bonds. The van der Waals surface area contributed by atoms with Crippen LogP contribution in [0.25, 0.3) is 0 Å². The molecule has 1 aromatic carbocycles. The van der Waals surface area contributed by atoms with Gasteiger partial charge in [0.1, 0.15) is 0 Å². The lowest BCUT2D eigenvalue weighted by Gasteiger charge is -2.05. The predicted octanol–water partition coefficient (Wildman–Crippen LogP) is 1.84. The second kappa shape index (κ2) is 4.35. The van der Waals surface area contributed by atoms with Crippen LogP contribution in [-0.2, 0) is 9.59 Å². The number of hydrogen-bond acceptors (Lipinski definition) is 3. The Morgan fingerprint density at radius 3 is 2.86 bits per heavy atom. The SMILES string of the molecule is CC(C(=O)O)c1cccc(N=C=O)c1. The number of carboxylic acid groups (broad SMARTS) is 1. The van der Waals surface area contributed by atoms with Crippen molar-refractivity contribution in [1.82, 2.24) is 0 Å². The molecule has 1 atom stereocenters. The number of aliphatic imine (C=N–C) groups is 1. The highest BCUT2D eigenvalue weighted by Crippen LogP contribution is 2.20. The molecule has 0 aliphatic heterocycles. The monoisotopic (exact) mass is 191 g/mol. The topological polar surface area (TPSA) is 66.7 Å². The highest BCUT2D eigenvalue weighted by Gasteiger charge is 2.13. The van der Waals surface area contributed by atoms with Crippen molar-refractivity contribution in [1.29, 1.82) is 0 Å². The molecule has 4 heteroatoms. The number of hydrogen-bond donors (Lipinski definition) is 1. The van der Waals surface area contributed by atoms with Gasteiger partial charge in [0.2, 0.25) is 6.08 Å². The molecular formula is C10H9NO3. The van der Waals surface area contributed by atoms with Gasteiger partial charge in [-0.05, 0) is 24.6 Å². The minimum absolute atomic E-state index is 0.422. The number of carbonyl (C=O) groups is 1. The summed E-state index contributed by atoms with van der Waals surface area (Å²) in [5, 5.41) is 8.75. The Hall–Kier alpha value is -1.93. The van der Waals surface area contributed by atoms with Gasteiger partial charge in [-0.3, -0.25) is 4.79 Å². The van der Waals surface area contributed by atoms with Crippen LogP contribution in [0.1, 0.15) is 18.4 Å². The molecular weight excluding hydrogens is 182 g/mol. The van der Waals surface area contributed by atoms with Crippen molar-refractivity contribution >= 4 is 17.7 Å². The van der Waals surface area contributed by atoms with Crippen LogP contribution in [0.4, 0.5) is 5.69 Å². The maximum absolute atomic E-state index is 10.7. The molecule has 1 aromatic rings. The maximum Gasteiger partial charge on any atom is 0.310 e. The average Bonchev–Trinajstić information content (AvgIpc) is 2.17. The lowest BCUT2D eigenvalue weighted by atomic mass is 10.0. The second-order valence-electron chi connectivity index (χ2n) is 2.86. The van der Waals surface area contributed by atoms with Crippen molar-refractivity contribution in [3.8, 4) is 0 Å². The molecule has 0 aliphatic carbocycles. The van der Waals surface area contributed by atoms with E-state index in [4.69, 9.17) is 5.11 Å². The molecule has 0 aromatic heterocycles. The second-order valence-corrected chi connectivity index (χ2v) is 2.86. The summed E-state index contributed by atoms with van der Waals surface area (Å²) in [5.41, 5.74) is 1.04. The van der Waals surface area contributed by atoms with Gasteiger partial charge in [0.15, 0.2) is 0 Å². The summed E-state index contributed by atoms with van der Waals surface area (Å²) in [6.07, 6.45) is 1.41. The summed E-state index contributed by atoms with van der Waals surface area (Å²) in [6.45, 7) is 1.58. The molecule has 4 nitrogen and oxygen atoms in total. The fraction of sp³-hybridized carbons (Fsp3) is 0.200. The van der Waals surface area contributed by atoms with E-state index in [0.29, 0.717) is 11.3 Å². The lowest BCUT2D eigenvalue weighted by molar-refractivity contribution is -0.138. The molecule has 0 saturated heterocycles. The number of nitrogens with zero attached hydrogens (tertiary/aromatic N) is 1. The Labute approximate surface area is 80.9 Å². The smallest absolute Gasteiger partial charge is 0.310 e. The minimum atomic E-state index is -0.905. The molecule has 1 N–H and O–H groups in total. The van der Waals surface area contributed by atoms with Crippen LogP contribution in [0.15, 0.2) is 29.3 Å². The van der Waals surface area contributed by atoms with Crippen LogP contribution in [0, 0.1) is 0 Å². The number of isocyanates is 1. The summed E-state index contributed by atoms with van der Waals surface area (Å²) < 4.78 is 0. The van der Waals surface area contributed by atoms with E-state index in [1.165, 1.54) is 6.08 Å². The highest BCUT2D eigenvalue weighted by molar-refractivity contribution is 5.76. The largest absolute Gasteiger partial charge is 0.481 e. The van der Waals surface area contributed by atoms with E-state index in [2.05, 4.69) is 4.99 Å². The van der Waals surface area contributed by atoms with Crippen molar-refractivity contribution < 1.29 is 14.7 Å². The third-order valence-corrected chi connectivity index (χ3v) is 1.92. The fourth-order valence-corrected chi connectivity index (χ4v) is 1.06. The summed E-state index contributed by atoms with van der Waals surface area (Å²) >= 11 is 0. The Bertz CT molecular complexity index is 394. The molecule has 0 radical (unpaired) electrons. The van der Waals surface area contributed by atoms with E-state index < -0.39 is 11.9 Å². The van der Waals surface area contributed by atoms with Crippen LogP contribution < -0.4 is 0 Å². The Kier molecular flexibility index (Phi) is 3.15. The first-order chi connectivity index (χ1) is 6.65. The van der Waals surface area contributed by atoms with E-state index >= 15 is 0 Å². The fourth-order valence-electron chi connectivity index (χ4n) is 1.06. The van der Waals surface area contributed by atoms with Gasteiger partial charge in [-0.25, -0.2) is 4.79 Å². The Morgan fingerprint density at radius 2 is 2.29 bits per heavy atom. The third-order valence-electron chi connectivity index (χ3n) is 1.92. The van der Waals surface area contributed by atoms with Crippen molar-refractivity contribution in [3.05, 3.63) is 29.8 Å². The van der Waals surface area contributed by atoms with E-state index in [9.17, 15) is 9.59 Å². The van der Waals surface area contributed by atoms with Crippen molar-refractivity contribution in [3.63, 3.8) is 0 Å². The van der Waals surface area contributed by atoms with Crippen molar-refractivity contribution in [2.24, 2.45) is 4.99 Å². The number of rotatable bonds is 3. The van der Waals surface area contributed by atoms with Crippen molar-refractivity contribution in [2.45, 2.75) is 12.8 Å². The predicted molar refractivity (Wildman–Crippen MR) is 50.3 cm³/mol. The van der Waals surface area contributed by atoms with Crippen LogP contribution in [0.2, 0.25) is 0 Å². The first-order valence-electron chi connectivity index (χ1n) is 4.06. The first-order valence-corrected chi connectivity index (χ1v) is 4.06. The zero-order valence-electron chi connectivity index (χ0n) is 7.60. The molecule has 14 heavy (non-hydrogen) atoms. The number of carboxylic acids is 1. The van der Waals surface area contributed by atoms with Gasteiger partial charge in [0.05, 0.1) is 11.6 Å². The van der Waals surface area contributed by atoms with Gasteiger partial charge in [-0.1, -0.05) is 12.1 Å². The Morgan fingerprint density at radius 1 is 1.57 bits per heavy atom. The third kappa shape index (κ3) is 2.28. The molecule has 0 fully saturated rings. The maximum atomic E-state index is 10.7. The average molecular weight is 191 g/mol. The Balaban J connectivity index is 3.04. The highest BCUT2D eigenvalue weighted by atomic mass is 16.4. The van der Waals surface area contributed by atoms with E-state index in [1.807, 2.05) is 0 Å². The van der Waals surface area contributed by atoms with Crippen LogP contribution in [-0.4, -0.2) is 17.2 Å². The van der Waals surface area contributed by atoms with Gasteiger partial charge in [0.25, 0.3) is 0 Å². The van der Waals surface area contributed by atoms with Gasteiger partial charge in [0, 0.05) is 0 Å². The summed E-state index contributed by atoms with van der Waals surface area (Å²) in [7, 11) is 0. The van der Waals surface area contributed by atoms with Gasteiger partial charge < -0.3 is 5.11 Å². The van der Waals surface area contributed by atoms with Crippen LogP contribution in [0.5, 0.6) is 0 Å². The van der Waals surface area contributed by atoms with Gasteiger partial charge in [-0.2, -0.15) is 4.99 Å². The molecule has 72 valence electrons. The minimum Gasteiger partial charge on any atom is -0.481 e. The lowest BCUT2D eigenvalue weighted by Crippen LogP contribution is -2.06. The molecule has 0 bridgehead atoms. The van der Waals surface area contributed by atoms with E-state index in [1.54, 1.807) is 31.2 Å². The summed E-state index contributed by atoms with van der Waals surface area (Å²) in [5.74, 6) is -1.51. The number of carbonyl (C=O) groups excluding carboxylic acids is 1. The quantitative estimate of drug-likeness (QED) is 0.585. The molecule has 0 saturated carbocycles. The molecule has 0 aliphatic rings. The van der Waals surface area contributed by atoms with E-state index in [-0.39, 0.29) is 0 Å². The zero-order chi connectivity index (χ0) is 10.6. The molecule has 0 heterocycles. The molecule has 0 spiro atoms. The standard InChI is InChI=1S/C10H9NO3/c1-7(10(13)14)8-3-2-4-9(5-8)11-6-12/h2-5,7H,1H3,(H,13,14). The zero-order valence-corrected chi connectivity index (χ0v) is 7.60. The normalized spacial score (nSPS) is 11.5. The molecule has 1 unspecified atom stereocenters. The van der Waals surface area contributed by atoms with E-state index in [0.717, 1.165) is 0 Å². The number of benzene rings is 1. The van der Waals surface area contributed by atoms with Crippen molar-refractivity contribution in [2.75, 3.05) is 0 Å². The molecule has 1 rings (SSSR count). The van der Waals surface area contributed by atoms with Gasteiger partial charge >= 0.3 is 5.97 Å². The number of aliphatic carboxylic acids is 1. The van der Waals surface area contributed by atoms with Gasteiger partial charge in [-0.15, -0.1) is 0 Å². The first kappa shape index (κ1) is 10.2. The summed E-state index contributed by atoms with van der Waals surface area (Å²) in [4.78, 5) is 24.1. The van der Waals surface area contributed by atoms with Crippen LogP contribution >= 0.6 is 0 Å². The summed E-state index contributed by atoms with van der Waals surface area (Å²) in [6, 6.07) is 6.51. The van der Waals surface area contributed by atoms with Crippen LogP contribution in [0.3, 0.4) is 0 Å².